The quantitative estimate of drug-likeness (QED) is 0.306. The SMILES string of the molecule is COC(=O)C(CC(F)F)(c1ccc(C(F)(F)F)cc1)n1nc(N)c2c(S(=O)(=O)O)cccc21. The number of methoxy groups -OCH3 is 1. The van der Waals surface area contributed by atoms with E-state index < -0.39 is 56.9 Å². The van der Waals surface area contributed by atoms with Crippen LogP contribution < -0.4 is 5.73 Å². The molecule has 14 heteroatoms. The molecule has 1 aromatic heterocycles. The molecule has 3 aromatic rings. The van der Waals surface area contributed by atoms with E-state index in [1.54, 1.807) is 0 Å². The lowest BCUT2D eigenvalue weighted by Crippen LogP contribution is -2.46. The minimum atomic E-state index is -4.84. The largest absolute Gasteiger partial charge is 0.467 e. The first-order chi connectivity index (χ1) is 15.2. The van der Waals surface area contributed by atoms with Gasteiger partial charge in [0, 0.05) is 6.42 Å². The van der Waals surface area contributed by atoms with Gasteiger partial charge in [-0.3, -0.25) is 4.55 Å². The molecule has 1 unspecified atom stereocenters. The van der Waals surface area contributed by atoms with Gasteiger partial charge >= 0.3 is 12.1 Å². The van der Waals surface area contributed by atoms with Gasteiger partial charge in [-0.1, -0.05) is 18.2 Å². The molecule has 0 aliphatic rings. The summed E-state index contributed by atoms with van der Waals surface area (Å²) in [5.74, 6) is -1.85. The molecule has 2 aromatic carbocycles. The van der Waals surface area contributed by atoms with Crippen LogP contribution >= 0.6 is 0 Å². The van der Waals surface area contributed by atoms with Crippen LogP contribution in [0.4, 0.5) is 27.8 Å². The second-order valence-electron chi connectivity index (χ2n) is 6.94. The van der Waals surface area contributed by atoms with Crippen molar-refractivity contribution < 1.29 is 44.5 Å². The Morgan fingerprint density at radius 3 is 2.21 bits per heavy atom. The normalized spacial score (nSPS) is 14.4. The molecule has 0 spiro atoms. The molecule has 8 nitrogen and oxygen atoms in total. The van der Waals surface area contributed by atoms with Gasteiger partial charge in [0.05, 0.1) is 23.6 Å². The molecule has 0 fully saturated rings. The molecule has 0 aliphatic carbocycles. The van der Waals surface area contributed by atoms with Crippen LogP contribution in [0.5, 0.6) is 0 Å². The molecule has 0 aliphatic heterocycles. The van der Waals surface area contributed by atoms with Crippen LogP contribution in [-0.2, 0) is 31.4 Å². The number of carbonyl (C=O) groups excluding carboxylic acids is 1. The molecule has 0 radical (unpaired) electrons. The number of esters is 1. The fraction of sp³-hybridized carbons (Fsp3) is 0.263. The van der Waals surface area contributed by atoms with Crippen molar-refractivity contribution >= 4 is 32.8 Å². The third kappa shape index (κ3) is 4.23. The number of anilines is 1. The first kappa shape index (κ1) is 24.4. The van der Waals surface area contributed by atoms with Crippen LogP contribution in [-0.4, -0.2) is 42.3 Å². The van der Waals surface area contributed by atoms with Crippen molar-refractivity contribution in [2.75, 3.05) is 12.8 Å². The van der Waals surface area contributed by atoms with E-state index in [0.717, 1.165) is 31.4 Å². The van der Waals surface area contributed by atoms with Crippen molar-refractivity contribution in [3.05, 3.63) is 53.6 Å². The number of nitrogens with two attached hydrogens (primary N) is 1. The van der Waals surface area contributed by atoms with Crippen LogP contribution in [0.1, 0.15) is 17.5 Å². The molecule has 0 saturated heterocycles. The van der Waals surface area contributed by atoms with E-state index >= 15 is 0 Å². The second-order valence-corrected chi connectivity index (χ2v) is 8.33. The third-order valence-electron chi connectivity index (χ3n) is 5.00. The van der Waals surface area contributed by atoms with Crippen molar-refractivity contribution in [3.8, 4) is 0 Å². The minimum Gasteiger partial charge on any atom is -0.467 e. The fourth-order valence-corrected chi connectivity index (χ4v) is 4.33. The number of halogens is 5. The first-order valence-corrected chi connectivity index (χ1v) is 10.5. The molecule has 1 atom stereocenters. The summed E-state index contributed by atoms with van der Waals surface area (Å²) in [7, 11) is -3.96. The lowest BCUT2D eigenvalue weighted by Gasteiger charge is -2.32. The van der Waals surface area contributed by atoms with Crippen molar-refractivity contribution in [1.29, 1.82) is 0 Å². The van der Waals surface area contributed by atoms with Gasteiger partial charge < -0.3 is 10.5 Å². The monoisotopic (exact) mass is 493 g/mol. The average molecular weight is 493 g/mol. The number of fused-ring (bicyclic) bond motifs is 1. The molecular weight excluding hydrogens is 477 g/mol. The third-order valence-corrected chi connectivity index (χ3v) is 5.89. The summed E-state index contributed by atoms with van der Waals surface area (Å²) in [5, 5.41) is 3.50. The van der Waals surface area contributed by atoms with Gasteiger partial charge in [-0.15, -0.1) is 0 Å². The molecule has 178 valence electrons. The number of alkyl halides is 5. The van der Waals surface area contributed by atoms with E-state index in [0.29, 0.717) is 16.8 Å². The number of nitrogens with zero attached hydrogens (tertiary/aromatic N) is 2. The predicted molar refractivity (Wildman–Crippen MR) is 105 cm³/mol. The van der Waals surface area contributed by atoms with E-state index in [-0.39, 0.29) is 16.5 Å². The van der Waals surface area contributed by atoms with Crippen LogP contribution in [0, 0.1) is 0 Å². The van der Waals surface area contributed by atoms with E-state index in [2.05, 4.69) is 5.10 Å². The summed E-state index contributed by atoms with van der Waals surface area (Å²) in [6, 6.07) is 6.14. The highest BCUT2D eigenvalue weighted by molar-refractivity contribution is 7.86. The fourth-order valence-electron chi connectivity index (χ4n) is 3.61. The highest BCUT2D eigenvalue weighted by atomic mass is 32.2. The van der Waals surface area contributed by atoms with Crippen molar-refractivity contribution in [2.45, 2.75) is 29.5 Å². The summed E-state index contributed by atoms with van der Waals surface area (Å²) in [5.41, 5.74) is 1.58. The van der Waals surface area contributed by atoms with Gasteiger partial charge in [0.2, 0.25) is 6.43 Å². The maximum Gasteiger partial charge on any atom is 0.416 e. The lowest BCUT2D eigenvalue weighted by molar-refractivity contribution is -0.151. The maximum absolute atomic E-state index is 13.7. The first-order valence-electron chi connectivity index (χ1n) is 9.03. The number of ether oxygens (including phenoxy) is 1. The Labute approximate surface area is 183 Å². The number of carbonyl (C=O) groups is 1. The van der Waals surface area contributed by atoms with Crippen molar-refractivity contribution in [1.82, 2.24) is 9.78 Å². The van der Waals surface area contributed by atoms with Gasteiger partial charge in [-0.05, 0) is 29.8 Å². The Bertz CT molecular complexity index is 1310. The molecular formula is C19H16F5N3O5S. The zero-order valence-corrected chi connectivity index (χ0v) is 17.5. The van der Waals surface area contributed by atoms with Gasteiger partial charge in [0.25, 0.3) is 10.1 Å². The zero-order chi connectivity index (χ0) is 24.8. The molecule has 0 bridgehead atoms. The molecule has 0 saturated carbocycles. The molecule has 0 amide bonds. The zero-order valence-electron chi connectivity index (χ0n) is 16.7. The topological polar surface area (TPSA) is 125 Å². The van der Waals surface area contributed by atoms with E-state index in [4.69, 9.17) is 10.5 Å². The number of aromatic nitrogens is 2. The Hall–Kier alpha value is -3.26. The van der Waals surface area contributed by atoms with Gasteiger partial charge in [-0.2, -0.15) is 26.7 Å². The summed E-state index contributed by atoms with van der Waals surface area (Å²) in [6.07, 6.45) is -9.21. The van der Waals surface area contributed by atoms with Crippen LogP contribution in [0.25, 0.3) is 10.9 Å². The highest BCUT2D eigenvalue weighted by Gasteiger charge is 2.48. The van der Waals surface area contributed by atoms with Gasteiger partial charge in [-0.25, -0.2) is 18.3 Å². The van der Waals surface area contributed by atoms with E-state index in [1.165, 1.54) is 6.07 Å². The lowest BCUT2D eigenvalue weighted by atomic mass is 9.85. The Kier molecular flexibility index (Phi) is 6.10. The maximum atomic E-state index is 13.7. The summed E-state index contributed by atoms with van der Waals surface area (Å²) in [6.45, 7) is 0. The molecule has 3 N–H and O–H groups in total. The summed E-state index contributed by atoms with van der Waals surface area (Å²) in [4.78, 5) is 12.2. The number of rotatable bonds is 6. The summed E-state index contributed by atoms with van der Waals surface area (Å²) >= 11 is 0. The highest BCUT2D eigenvalue weighted by Crippen LogP contribution is 2.40. The van der Waals surface area contributed by atoms with Crippen LogP contribution in [0.15, 0.2) is 47.4 Å². The summed E-state index contributed by atoms with van der Waals surface area (Å²) < 4.78 is 105. The van der Waals surface area contributed by atoms with Crippen molar-refractivity contribution in [3.63, 3.8) is 0 Å². The van der Waals surface area contributed by atoms with Gasteiger partial charge in [0.15, 0.2) is 11.4 Å². The number of benzene rings is 2. The van der Waals surface area contributed by atoms with E-state index in [1.807, 2.05) is 0 Å². The Morgan fingerprint density at radius 2 is 1.73 bits per heavy atom. The number of hydrogen-bond acceptors (Lipinski definition) is 6. The Morgan fingerprint density at radius 1 is 1.15 bits per heavy atom. The number of nitrogen functional groups attached to an aromatic ring is 1. The molecule has 33 heavy (non-hydrogen) atoms. The van der Waals surface area contributed by atoms with E-state index in [9.17, 15) is 39.7 Å². The Balaban J connectivity index is 2.43. The molecule has 1 heterocycles. The van der Waals surface area contributed by atoms with Crippen LogP contribution in [0.2, 0.25) is 0 Å². The van der Waals surface area contributed by atoms with Crippen LogP contribution in [0.3, 0.4) is 0 Å². The standard InChI is InChI=1S/C19H16F5N3O5S/c1-32-17(28)18(9-14(20)21,10-5-7-11(8-6-10)19(22,23)24)27-12-3-2-4-13(33(29,30)31)15(12)16(25)26-27/h2-8,14H,9H2,1H3,(H2,25,26)(H,29,30,31). The molecule has 3 rings (SSSR count). The van der Waals surface area contributed by atoms with Gasteiger partial charge in [0.1, 0.15) is 4.90 Å². The van der Waals surface area contributed by atoms with Crippen molar-refractivity contribution in [2.24, 2.45) is 0 Å². The predicted octanol–water partition coefficient (Wildman–Crippen LogP) is 3.46. The number of hydrogen-bond donors (Lipinski definition) is 2. The average Bonchev–Trinajstić information content (AvgIpc) is 3.07. The smallest absolute Gasteiger partial charge is 0.416 e. The minimum absolute atomic E-state index is 0.256. The second kappa shape index (κ2) is 8.26.